The number of rotatable bonds is 4. The van der Waals surface area contributed by atoms with Crippen molar-refractivity contribution < 1.29 is 4.74 Å². The van der Waals surface area contributed by atoms with Gasteiger partial charge in [0, 0.05) is 35.0 Å². The van der Waals surface area contributed by atoms with Crippen LogP contribution in [0.3, 0.4) is 0 Å². The Hall–Kier alpha value is -2.39. The Kier molecular flexibility index (Phi) is 4.22. The second kappa shape index (κ2) is 6.56. The topological polar surface area (TPSA) is 118 Å². The number of aryl methyl sites for hydroxylation is 1. The van der Waals surface area contributed by atoms with Crippen molar-refractivity contribution in [2.45, 2.75) is 50.2 Å². The third-order valence-corrected chi connectivity index (χ3v) is 7.31. The van der Waals surface area contributed by atoms with Crippen molar-refractivity contribution in [2.24, 2.45) is 11.7 Å². The van der Waals surface area contributed by atoms with Crippen LogP contribution in [-0.2, 0) is 13.0 Å². The van der Waals surface area contributed by atoms with Crippen LogP contribution in [0.25, 0.3) is 11.0 Å². The number of ether oxygens (including phenoxy) is 1. The zero-order valence-electron chi connectivity index (χ0n) is 16.9. The Balaban J connectivity index is 1.62. The standard InChI is InChI=1S/C20H25N7OS/c1-10-7-23-14(11(2)16(10)28-3)8-27-17-15-13(26-27)6-20(22,12-4-5-12)9-29-18(15)25-19(21)24-17/h7,12H,4-6,8-9,22H2,1-3H3,(H2,21,24,25)/t20-/m1/s1. The van der Waals surface area contributed by atoms with Gasteiger partial charge in [-0.15, -0.1) is 11.8 Å². The Labute approximate surface area is 173 Å². The largest absolute Gasteiger partial charge is 0.496 e. The van der Waals surface area contributed by atoms with Crippen molar-refractivity contribution in [2.75, 3.05) is 18.6 Å². The summed E-state index contributed by atoms with van der Waals surface area (Å²) in [6.07, 6.45) is 4.95. The van der Waals surface area contributed by atoms with E-state index < -0.39 is 0 Å². The number of methoxy groups -OCH3 is 1. The molecule has 1 saturated carbocycles. The van der Waals surface area contributed by atoms with E-state index in [4.69, 9.17) is 21.3 Å². The van der Waals surface area contributed by atoms with Crippen LogP contribution in [0.4, 0.5) is 5.95 Å². The van der Waals surface area contributed by atoms with Gasteiger partial charge < -0.3 is 16.2 Å². The van der Waals surface area contributed by atoms with Crippen LogP contribution in [0.5, 0.6) is 5.75 Å². The molecule has 1 aliphatic heterocycles. The summed E-state index contributed by atoms with van der Waals surface area (Å²) in [7, 11) is 1.68. The quantitative estimate of drug-likeness (QED) is 0.628. The van der Waals surface area contributed by atoms with Gasteiger partial charge in [0.1, 0.15) is 10.8 Å². The summed E-state index contributed by atoms with van der Waals surface area (Å²) in [5, 5.41) is 6.79. The van der Waals surface area contributed by atoms with Gasteiger partial charge in [-0.25, -0.2) is 9.67 Å². The molecule has 0 spiro atoms. The van der Waals surface area contributed by atoms with Gasteiger partial charge in [0.05, 0.1) is 30.4 Å². The normalized spacial score (nSPS) is 21.4. The van der Waals surface area contributed by atoms with Gasteiger partial charge in [-0.1, -0.05) is 0 Å². The van der Waals surface area contributed by atoms with Crippen molar-refractivity contribution in [3.05, 3.63) is 28.7 Å². The van der Waals surface area contributed by atoms with Gasteiger partial charge in [-0.3, -0.25) is 4.98 Å². The Morgan fingerprint density at radius 1 is 1.31 bits per heavy atom. The van der Waals surface area contributed by atoms with Crippen LogP contribution >= 0.6 is 11.8 Å². The van der Waals surface area contributed by atoms with E-state index in [9.17, 15) is 0 Å². The number of anilines is 1. The molecule has 2 aliphatic rings. The summed E-state index contributed by atoms with van der Waals surface area (Å²) in [5.74, 6) is 2.50. The van der Waals surface area contributed by atoms with Crippen LogP contribution < -0.4 is 16.2 Å². The first-order valence-corrected chi connectivity index (χ1v) is 10.8. The lowest BCUT2D eigenvalue weighted by Gasteiger charge is -2.27. The van der Waals surface area contributed by atoms with Gasteiger partial charge in [0.2, 0.25) is 5.95 Å². The summed E-state index contributed by atoms with van der Waals surface area (Å²) in [6.45, 7) is 4.50. The number of hydrogen-bond donors (Lipinski definition) is 2. The summed E-state index contributed by atoms with van der Waals surface area (Å²) < 4.78 is 7.44. The molecular formula is C20H25N7OS. The highest BCUT2D eigenvalue weighted by atomic mass is 32.2. The molecule has 0 amide bonds. The highest BCUT2D eigenvalue weighted by Crippen LogP contribution is 2.46. The van der Waals surface area contributed by atoms with E-state index in [1.807, 2.05) is 24.7 Å². The van der Waals surface area contributed by atoms with Gasteiger partial charge >= 0.3 is 0 Å². The number of pyridine rings is 1. The lowest BCUT2D eigenvalue weighted by molar-refractivity contribution is 0.406. The predicted molar refractivity (Wildman–Crippen MR) is 113 cm³/mol. The summed E-state index contributed by atoms with van der Waals surface area (Å²) in [4.78, 5) is 13.7. The van der Waals surface area contributed by atoms with Crippen molar-refractivity contribution in [3.63, 3.8) is 0 Å². The number of thioether (sulfide) groups is 1. The molecule has 0 unspecified atom stereocenters. The SMILES string of the molecule is COc1c(C)cnc(Cn2nc3c4c(nc(N)nc42)SC[C@@](N)(C2CC2)C3)c1C. The van der Waals surface area contributed by atoms with E-state index in [0.717, 1.165) is 56.5 Å². The number of aromatic nitrogens is 5. The molecule has 1 fully saturated rings. The zero-order chi connectivity index (χ0) is 20.3. The average molecular weight is 412 g/mol. The van der Waals surface area contributed by atoms with Gasteiger partial charge in [-0.05, 0) is 32.6 Å². The predicted octanol–water partition coefficient (Wildman–Crippen LogP) is 2.23. The van der Waals surface area contributed by atoms with Gasteiger partial charge in [0.15, 0.2) is 5.65 Å². The number of nitrogens with two attached hydrogens (primary N) is 2. The van der Waals surface area contributed by atoms with E-state index in [1.54, 1.807) is 18.9 Å². The minimum absolute atomic E-state index is 0.256. The molecule has 0 saturated heterocycles. The average Bonchev–Trinajstić information content (AvgIpc) is 3.49. The molecule has 152 valence electrons. The summed E-state index contributed by atoms with van der Waals surface area (Å²) in [5.41, 5.74) is 17.2. The van der Waals surface area contributed by atoms with Crippen LogP contribution in [0, 0.1) is 19.8 Å². The highest BCUT2D eigenvalue weighted by Gasteiger charge is 2.45. The molecule has 29 heavy (non-hydrogen) atoms. The van der Waals surface area contributed by atoms with E-state index in [-0.39, 0.29) is 11.5 Å². The molecular weight excluding hydrogens is 386 g/mol. The molecule has 8 nitrogen and oxygen atoms in total. The lowest BCUT2D eigenvalue weighted by Crippen LogP contribution is -2.46. The fourth-order valence-electron chi connectivity index (χ4n) is 4.32. The zero-order valence-corrected chi connectivity index (χ0v) is 17.7. The number of nitrogens with zero attached hydrogens (tertiary/aromatic N) is 5. The third-order valence-electron chi connectivity index (χ3n) is 6.06. The molecule has 0 radical (unpaired) electrons. The van der Waals surface area contributed by atoms with E-state index in [1.165, 1.54) is 12.8 Å². The van der Waals surface area contributed by atoms with Crippen LogP contribution in [0.1, 0.15) is 35.4 Å². The Morgan fingerprint density at radius 3 is 2.83 bits per heavy atom. The fraction of sp³-hybridized carbons (Fsp3) is 0.500. The molecule has 4 heterocycles. The maximum Gasteiger partial charge on any atom is 0.223 e. The molecule has 1 atom stereocenters. The van der Waals surface area contributed by atoms with E-state index >= 15 is 0 Å². The first-order chi connectivity index (χ1) is 13.9. The fourth-order valence-corrected chi connectivity index (χ4v) is 5.58. The third kappa shape index (κ3) is 3.03. The first-order valence-electron chi connectivity index (χ1n) is 9.83. The minimum Gasteiger partial charge on any atom is -0.496 e. The van der Waals surface area contributed by atoms with Crippen molar-refractivity contribution in [3.8, 4) is 5.75 Å². The molecule has 1 aliphatic carbocycles. The van der Waals surface area contributed by atoms with Crippen molar-refractivity contribution in [1.82, 2.24) is 24.7 Å². The highest BCUT2D eigenvalue weighted by molar-refractivity contribution is 7.99. The van der Waals surface area contributed by atoms with E-state index in [2.05, 4.69) is 15.0 Å². The minimum atomic E-state index is -0.256. The maximum atomic E-state index is 6.82. The molecule has 9 heteroatoms. The smallest absolute Gasteiger partial charge is 0.223 e. The summed E-state index contributed by atoms with van der Waals surface area (Å²) in [6, 6.07) is 0. The van der Waals surface area contributed by atoms with Crippen molar-refractivity contribution in [1.29, 1.82) is 0 Å². The molecule has 3 aromatic heterocycles. The van der Waals surface area contributed by atoms with Crippen LogP contribution in [0.2, 0.25) is 0 Å². The van der Waals surface area contributed by atoms with Crippen LogP contribution in [0.15, 0.2) is 11.2 Å². The Morgan fingerprint density at radius 2 is 2.10 bits per heavy atom. The van der Waals surface area contributed by atoms with E-state index in [0.29, 0.717) is 12.5 Å². The number of hydrogen-bond acceptors (Lipinski definition) is 8. The molecule has 0 bridgehead atoms. The first kappa shape index (κ1) is 18.6. The Bertz CT molecular complexity index is 1120. The maximum absolute atomic E-state index is 6.82. The number of nitrogen functional groups attached to an aromatic ring is 1. The van der Waals surface area contributed by atoms with Gasteiger partial charge in [-0.2, -0.15) is 10.1 Å². The molecule has 5 rings (SSSR count). The summed E-state index contributed by atoms with van der Waals surface area (Å²) >= 11 is 1.68. The molecule has 0 aromatic carbocycles. The lowest BCUT2D eigenvalue weighted by atomic mass is 9.90. The van der Waals surface area contributed by atoms with Gasteiger partial charge in [0.25, 0.3) is 0 Å². The second-order valence-electron chi connectivity index (χ2n) is 8.21. The molecule has 4 N–H and O–H groups in total. The monoisotopic (exact) mass is 411 g/mol. The van der Waals surface area contributed by atoms with Crippen LogP contribution in [-0.4, -0.2) is 43.1 Å². The van der Waals surface area contributed by atoms with Crippen molar-refractivity contribution >= 4 is 28.7 Å². The molecule has 3 aromatic rings. The second-order valence-corrected chi connectivity index (χ2v) is 9.17.